The summed E-state index contributed by atoms with van der Waals surface area (Å²) in [6.45, 7) is 8.28. The first-order valence-electron chi connectivity index (χ1n) is 8.33. The molecule has 2 amide bonds. The van der Waals surface area contributed by atoms with Gasteiger partial charge in [-0.2, -0.15) is 0 Å². The van der Waals surface area contributed by atoms with Crippen molar-refractivity contribution < 1.29 is 4.79 Å². The van der Waals surface area contributed by atoms with Gasteiger partial charge in [0.25, 0.3) is 0 Å². The van der Waals surface area contributed by atoms with Crippen molar-refractivity contribution in [2.24, 2.45) is 0 Å². The van der Waals surface area contributed by atoms with Gasteiger partial charge in [-0.25, -0.2) is 4.79 Å². The van der Waals surface area contributed by atoms with Gasteiger partial charge in [-0.1, -0.05) is 17.7 Å². The Morgan fingerprint density at radius 1 is 1.08 bits per heavy atom. The van der Waals surface area contributed by atoms with Crippen LogP contribution < -0.4 is 10.6 Å². The van der Waals surface area contributed by atoms with Gasteiger partial charge < -0.3 is 15.2 Å². The van der Waals surface area contributed by atoms with E-state index in [9.17, 15) is 4.79 Å². The maximum Gasteiger partial charge on any atom is 0.319 e. The van der Waals surface area contributed by atoms with Crippen molar-refractivity contribution in [2.75, 3.05) is 5.32 Å². The van der Waals surface area contributed by atoms with Crippen molar-refractivity contribution in [1.82, 2.24) is 9.88 Å². The van der Waals surface area contributed by atoms with Crippen molar-refractivity contribution in [3.8, 4) is 5.00 Å². The summed E-state index contributed by atoms with van der Waals surface area (Å²) in [6.07, 6.45) is 4.07. The van der Waals surface area contributed by atoms with Crippen molar-refractivity contribution in [2.45, 2.75) is 33.7 Å². The molecule has 0 aliphatic carbocycles. The molecule has 0 bridgehead atoms. The molecule has 1 aromatic carbocycles. The predicted molar refractivity (Wildman–Crippen MR) is 105 cm³/mol. The van der Waals surface area contributed by atoms with E-state index < -0.39 is 0 Å². The van der Waals surface area contributed by atoms with Crippen molar-refractivity contribution >= 4 is 23.1 Å². The molecule has 1 atom stereocenters. The number of urea groups is 1. The molecule has 0 spiro atoms. The average Bonchev–Trinajstić information content (AvgIpc) is 3.18. The van der Waals surface area contributed by atoms with Crippen LogP contribution in [-0.2, 0) is 0 Å². The lowest BCUT2D eigenvalue weighted by Gasteiger charge is -2.17. The molecule has 0 saturated carbocycles. The third kappa shape index (κ3) is 3.77. The fourth-order valence-corrected chi connectivity index (χ4v) is 4.09. The molecule has 2 aromatic heterocycles. The van der Waals surface area contributed by atoms with Gasteiger partial charge in [-0.15, -0.1) is 11.3 Å². The third-order valence-electron chi connectivity index (χ3n) is 4.34. The number of carbonyl (C=O) groups excluding carboxylic acids is 1. The van der Waals surface area contributed by atoms with Crippen molar-refractivity contribution in [3.63, 3.8) is 0 Å². The zero-order valence-electron chi connectivity index (χ0n) is 15.0. The minimum absolute atomic E-state index is 0.0900. The minimum atomic E-state index is -0.196. The molecule has 5 heteroatoms. The van der Waals surface area contributed by atoms with Crippen LogP contribution in [0.3, 0.4) is 0 Å². The number of thiophene rings is 1. The summed E-state index contributed by atoms with van der Waals surface area (Å²) in [4.78, 5) is 13.6. The van der Waals surface area contributed by atoms with Crippen LogP contribution in [0.15, 0.2) is 48.8 Å². The van der Waals surface area contributed by atoms with Crippen LogP contribution in [0.2, 0.25) is 0 Å². The molecule has 0 aliphatic heterocycles. The Morgan fingerprint density at radius 2 is 1.72 bits per heavy atom. The molecule has 2 heterocycles. The summed E-state index contributed by atoms with van der Waals surface area (Å²) in [5.74, 6) is 0. The number of rotatable bonds is 4. The lowest BCUT2D eigenvalue weighted by molar-refractivity contribution is 0.249. The molecule has 0 unspecified atom stereocenters. The van der Waals surface area contributed by atoms with Crippen LogP contribution in [-0.4, -0.2) is 10.6 Å². The highest BCUT2D eigenvalue weighted by Gasteiger charge is 2.20. The molecule has 2 N–H and O–H groups in total. The maximum absolute atomic E-state index is 12.4. The Kier molecular flexibility index (Phi) is 4.95. The van der Waals surface area contributed by atoms with E-state index in [0.29, 0.717) is 0 Å². The number of anilines is 1. The molecule has 3 rings (SSSR count). The van der Waals surface area contributed by atoms with Gasteiger partial charge >= 0.3 is 6.03 Å². The molecule has 0 fully saturated rings. The fraction of sp³-hybridized carbons (Fsp3) is 0.250. The largest absolute Gasteiger partial charge is 0.331 e. The minimum Gasteiger partial charge on any atom is -0.331 e. The molecule has 0 aliphatic rings. The topological polar surface area (TPSA) is 46.1 Å². The van der Waals surface area contributed by atoms with E-state index in [4.69, 9.17) is 0 Å². The summed E-state index contributed by atoms with van der Waals surface area (Å²) in [5.41, 5.74) is 4.36. The molecule has 130 valence electrons. The van der Waals surface area contributed by atoms with Crippen LogP contribution in [0.5, 0.6) is 0 Å². The second kappa shape index (κ2) is 7.15. The fourth-order valence-electron chi connectivity index (χ4n) is 2.87. The molecular weight excluding hydrogens is 330 g/mol. The Balaban J connectivity index is 1.78. The Hall–Kier alpha value is -2.53. The summed E-state index contributed by atoms with van der Waals surface area (Å²) >= 11 is 1.75. The summed E-state index contributed by atoms with van der Waals surface area (Å²) in [7, 11) is 0. The second-order valence-corrected chi connectivity index (χ2v) is 7.48. The number of benzene rings is 1. The quantitative estimate of drug-likeness (QED) is 0.653. The van der Waals surface area contributed by atoms with E-state index in [1.807, 2.05) is 62.6 Å². The van der Waals surface area contributed by atoms with Crippen LogP contribution in [0.25, 0.3) is 5.00 Å². The Morgan fingerprint density at radius 3 is 2.36 bits per heavy atom. The van der Waals surface area contributed by atoms with E-state index >= 15 is 0 Å². The van der Waals surface area contributed by atoms with Gasteiger partial charge in [0, 0.05) is 28.5 Å². The maximum atomic E-state index is 12.4. The second-order valence-electron chi connectivity index (χ2n) is 6.28. The normalized spacial score (nSPS) is 12.0. The summed E-state index contributed by atoms with van der Waals surface area (Å²) in [5, 5.41) is 7.11. The highest BCUT2D eigenvalue weighted by atomic mass is 32.1. The Labute approximate surface area is 152 Å². The standard InChI is InChI=1S/C20H23N3OS/c1-13-7-9-17(10-8-13)22-20(24)21-15(3)18-14(2)16(4)25-19(18)23-11-5-6-12-23/h5-12,15H,1-4H3,(H2,21,22,24)/t15-/m1/s1. The number of aromatic nitrogens is 1. The summed E-state index contributed by atoms with van der Waals surface area (Å²) in [6, 6.07) is 11.5. The first kappa shape index (κ1) is 17.3. The van der Waals surface area contributed by atoms with Gasteiger partial charge in [0.1, 0.15) is 5.00 Å². The van der Waals surface area contributed by atoms with Gasteiger partial charge in [-0.3, -0.25) is 0 Å². The molecule has 0 radical (unpaired) electrons. The van der Waals surface area contributed by atoms with E-state index in [1.54, 1.807) is 11.3 Å². The van der Waals surface area contributed by atoms with Crippen molar-refractivity contribution in [1.29, 1.82) is 0 Å². The number of carbonyl (C=O) groups is 1. The van der Waals surface area contributed by atoms with Crippen molar-refractivity contribution in [3.05, 3.63) is 70.4 Å². The number of hydrogen-bond donors (Lipinski definition) is 2. The van der Waals surface area contributed by atoms with Gasteiger partial charge in [-0.05, 0) is 57.5 Å². The third-order valence-corrected chi connectivity index (χ3v) is 5.58. The lowest BCUT2D eigenvalue weighted by atomic mass is 10.1. The zero-order chi connectivity index (χ0) is 18.0. The molecular formula is C20H23N3OS. The van der Waals surface area contributed by atoms with Gasteiger partial charge in [0.05, 0.1) is 6.04 Å². The predicted octanol–water partition coefficient (Wildman–Crippen LogP) is 5.35. The number of aryl methyl sites for hydroxylation is 2. The molecule has 0 saturated heterocycles. The highest BCUT2D eigenvalue weighted by Crippen LogP contribution is 2.35. The van der Waals surface area contributed by atoms with Gasteiger partial charge in [0.15, 0.2) is 0 Å². The number of hydrogen-bond acceptors (Lipinski definition) is 2. The van der Waals surface area contributed by atoms with E-state index in [1.165, 1.54) is 16.0 Å². The Bertz CT molecular complexity index is 863. The molecule has 25 heavy (non-hydrogen) atoms. The van der Waals surface area contributed by atoms with E-state index in [2.05, 4.69) is 29.0 Å². The van der Waals surface area contributed by atoms with E-state index in [-0.39, 0.29) is 12.1 Å². The first-order chi connectivity index (χ1) is 12.0. The highest BCUT2D eigenvalue weighted by molar-refractivity contribution is 7.14. The van der Waals surface area contributed by atoms with Crippen LogP contribution in [0.1, 0.15) is 34.5 Å². The number of nitrogens with one attached hydrogen (secondary N) is 2. The first-order valence-corrected chi connectivity index (χ1v) is 9.14. The molecule has 4 nitrogen and oxygen atoms in total. The smallest absolute Gasteiger partial charge is 0.319 e. The van der Waals surface area contributed by atoms with E-state index in [0.717, 1.165) is 16.3 Å². The van der Waals surface area contributed by atoms with Crippen LogP contribution in [0.4, 0.5) is 10.5 Å². The van der Waals surface area contributed by atoms with Crippen LogP contribution in [0, 0.1) is 20.8 Å². The SMILES string of the molecule is Cc1ccc(NC(=O)N[C@H](C)c2c(-n3cccc3)sc(C)c2C)cc1. The van der Waals surface area contributed by atoms with Gasteiger partial charge in [0.2, 0.25) is 0 Å². The number of amides is 2. The zero-order valence-corrected chi connectivity index (χ0v) is 15.8. The monoisotopic (exact) mass is 353 g/mol. The number of nitrogens with zero attached hydrogens (tertiary/aromatic N) is 1. The average molecular weight is 353 g/mol. The summed E-state index contributed by atoms with van der Waals surface area (Å²) < 4.78 is 2.11. The molecule has 3 aromatic rings. The van der Waals surface area contributed by atoms with Crippen LogP contribution >= 0.6 is 11.3 Å². The lowest BCUT2D eigenvalue weighted by Crippen LogP contribution is -2.31.